The van der Waals surface area contributed by atoms with Crippen LogP contribution in [0.25, 0.3) is 0 Å². The van der Waals surface area contributed by atoms with Gasteiger partial charge in [-0.25, -0.2) is 12.6 Å². The van der Waals surface area contributed by atoms with Gasteiger partial charge in [0.1, 0.15) is 15.7 Å². The Morgan fingerprint density at radius 2 is 2.09 bits per heavy atom. The van der Waals surface area contributed by atoms with Gasteiger partial charge in [0.15, 0.2) is 0 Å². The van der Waals surface area contributed by atoms with Gasteiger partial charge in [-0.15, -0.1) is 0 Å². The lowest BCUT2D eigenvalue weighted by Crippen LogP contribution is -2.21. The number of hydrogen-bond acceptors (Lipinski definition) is 4. The molecule has 1 unspecified atom stereocenters. The predicted molar refractivity (Wildman–Crippen MR) is 45.8 cm³/mol. The van der Waals surface area contributed by atoms with Crippen molar-refractivity contribution in [1.29, 1.82) is 0 Å². The summed E-state index contributed by atoms with van der Waals surface area (Å²) in [5.41, 5.74) is 0. The summed E-state index contributed by atoms with van der Waals surface area (Å²) in [6, 6.07) is 0. The van der Waals surface area contributed by atoms with Gasteiger partial charge >= 0.3 is 0 Å². The van der Waals surface area contributed by atoms with Crippen molar-refractivity contribution in [2.45, 2.75) is 6.92 Å². The molecule has 0 heterocycles. The maximum absolute atomic E-state index is 10.8. The third-order valence-corrected chi connectivity index (χ3v) is 4.64. The van der Waals surface area contributed by atoms with E-state index in [9.17, 15) is 12.6 Å². The van der Waals surface area contributed by atoms with Crippen LogP contribution in [0, 0.1) is 0 Å². The zero-order chi connectivity index (χ0) is 8.91. The van der Waals surface area contributed by atoms with Gasteiger partial charge in [0.2, 0.25) is 8.87 Å². The SMILES string of the molecule is CC=CNCS(=O)(=O)S(C)=O. The third kappa shape index (κ3) is 4.15. The number of nitrogens with one attached hydrogen (secondary N) is 1. The predicted octanol–water partition coefficient (Wildman–Crippen LogP) is -0.225. The van der Waals surface area contributed by atoms with E-state index in [0.717, 1.165) is 6.26 Å². The van der Waals surface area contributed by atoms with Gasteiger partial charge < -0.3 is 5.32 Å². The van der Waals surface area contributed by atoms with Crippen LogP contribution in [0.2, 0.25) is 0 Å². The van der Waals surface area contributed by atoms with E-state index in [0.29, 0.717) is 0 Å². The number of allylic oxidation sites excluding steroid dienone is 1. The van der Waals surface area contributed by atoms with E-state index in [1.165, 1.54) is 6.20 Å². The molecule has 0 saturated heterocycles. The van der Waals surface area contributed by atoms with Crippen molar-refractivity contribution in [2.75, 3.05) is 12.1 Å². The maximum atomic E-state index is 10.8. The molecular weight excluding hydrogens is 186 g/mol. The van der Waals surface area contributed by atoms with Crippen LogP contribution >= 0.6 is 0 Å². The van der Waals surface area contributed by atoms with Crippen LogP contribution in [-0.2, 0) is 18.7 Å². The number of rotatable bonds is 4. The lowest BCUT2D eigenvalue weighted by atomic mass is 10.7. The molecule has 0 rings (SSSR count). The Labute approximate surface area is 68.5 Å². The van der Waals surface area contributed by atoms with Gasteiger partial charge in [0.25, 0.3) is 0 Å². The van der Waals surface area contributed by atoms with Crippen LogP contribution in [-0.4, -0.2) is 24.8 Å². The summed E-state index contributed by atoms with van der Waals surface area (Å²) in [5.74, 6) is -0.277. The fourth-order valence-corrected chi connectivity index (χ4v) is 1.52. The first kappa shape index (κ1) is 10.6. The summed E-state index contributed by atoms with van der Waals surface area (Å²) in [6.45, 7) is 1.75. The van der Waals surface area contributed by atoms with E-state index in [2.05, 4.69) is 5.32 Å². The summed E-state index contributed by atoms with van der Waals surface area (Å²) >= 11 is 0. The Morgan fingerprint density at radius 1 is 1.55 bits per heavy atom. The van der Waals surface area contributed by atoms with Crippen LogP contribution in [0.15, 0.2) is 12.3 Å². The van der Waals surface area contributed by atoms with Crippen molar-refractivity contribution in [3.63, 3.8) is 0 Å². The topological polar surface area (TPSA) is 63.2 Å². The maximum Gasteiger partial charge on any atom is 0.246 e. The summed E-state index contributed by atoms with van der Waals surface area (Å²) in [7, 11) is -5.26. The van der Waals surface area contributed by atoms with E-state index in [-0.39, 0.29) is 5.88 Å². The second-order valence-electron chi connectivity index (χ2n) is 1.81. The highest BCUT2D eigenvalue weighted by atomic mass is 33.2. The smallest absolute Gasteiger partial charge is 0.246 e. The zero-order valence-corrected chi connectivity index (χ0v) is 8.04. The lowest BCUT2D eigenvalue weighted by molar-refractivity contribution is 0.603. The van der Waals surface area contributed by atoms with Crippen LogP contribution in [0.1, 0.15) is 6.92 Å². The van der Waals surface area contributed by atoms with E-state index in [4.69, 9.17) is 0 Å². The first-order valence-electron chi connectivity index (χ1n) is 2.92. The van der Waals surface area contributed by atoms with Crippen molar-refractivity contribution in [3.05, 3.63) is 12.3 Å². The van der Waals surface area contributed by atoms with E-state index in [1.54, 1.807) is 13.0 Å². The normalized spacial score (nSPS) is 15.1. The monoisotopic (exact) mass is 197 g/mol. The molecule has 0 aliphatic rings. The van der Waals surface area contributed by atoms with Gasteiger partial charge in [-0.3, -0.25) is 0 Å². The molecule has 0 saturated carbocycles. The van der Waals surface area contributed by atoms with Crippen molar-refractivity contribution in [3.8, 4) is 0 Å². The molecule has 0 aromatic rings. The van der Waals surface area contributed by atoms with E-state index in [1.807, 2.05) is 0 Å². The van der Waals surface area contributed by atoms with Crippen molar-refractivity contribution in [1.82, 2.24) is 5.32 Å². The van der Waals surface area contributed by atoms with E-state index >= 15 is 0 Å². The molecule has 0 bridgehead atoms. The Balaban J connectivity index is 4.06. The molecule has 0 aromatic heterocycles. The number of hydrogen-bond donors (Lipinski definition) is 1. The highest BCUT2D eigenvalue weighted by Crippen LogP contribution is 1.91. The zero-order valence-electron chi connectivity index (χ0n) is 6.40. The molecule has 0 aliphatic heterocycles. The van der Waals surface area contributed by atoms with Crippen LogP contribution < -0.4 is 5.32 Å². The molecule has 4 nitrogen and oxygen atoms in total. The largest absolute Gasteiger partial charge is 0.377 e. The molecule has 0 aliphatic carbocycles. The van der Waals surface area contributed by atoms with Crippen LogP contribution in [0.4, 0.5) is 0 Å². The average molecular weight is 197 g/mol. The molecule has 0 spiro atoms. The quantitative estimate of drug-likeness (QED) is 0.633. The summed E-state index contributed by atoms with van der Waals surface area (Å²) in [6.07, 6.45) is 4.30. The third-order valence-electron chi connectivity index (χ3n) is 0.902. The molecule has 0 aromatic carbocycles. The Morgan fingerprint density at radius 3 is 2.45 bits per heavy atom. The minimum absolute atomic E-state index is 0.277. The standard InChI is InChI=1S/C5H11NO3S2/c1-3-4-6-5-11(8,9)10(2)7/h3-4,6H,5H2,1-2H3. The molecule has 11 heavy (non-hydrogen) atoms. The van der Waals surface area contributed by atoms with Gasteiger partial charge in [-0.05, 0) is 13.1 Å². The molecule has 1 N–H and O–H groups in total. The molecule has 0 radical (unpaired) electrons. The minimum atomic E-state index is -3.46. The minimum Gasteiger partial charge on any atom is -0.377 e. The second kappa shape index (κ2) is 4.50. The van der Waals surface area contributed by atoms with Gasteiger partial charge in [0.05, 0.1) is 0 Å². The Bertz CT molecular complexity index is 255. The summed E-state index contributed by atoms with van der Waals surface area (Å²) in [5, 5.41) is 2.50. The van der Waals surface area contributed by atoms with E-state index < -0.39 is 18.7 Å². The molecule has 0 fully saturated rings. The molecule has 1 atom stereocenters. The summed E-state index contributed by atoms with van der Waals surface area (Å²) < 4.78 is 32.1. The molecule has 66 valence electrons. The van der Waals surface area contributed by atoms with Gasteiger partial charge in [0, 0.05) is 6.26 Å². The molecule has 0 amide bonds. The second-order valence-corrected chi connectivity index (χ2v) is 6.95. The molecule has 6 heteroatoms. The highest BCUT2D eigenvalue weighted by molar-refractivity contribution is 8.63. The molecular formula is C5H11NO3S2. The van der Waals surface area contributed by atoms with Gasteiger partial charge in [-0.1, -0.05) is 6.08 Å². The fourth-order valence-electron chi connectivity index (χ4n) is 0.351. The fraction of sp³-hybridized carbons (Fsp3) is 0.600. The van der Waals surface area contributed by atoms with Crippen LogP contribution in [0.3, 0.4) is 0 Å². The van der Waals surface area contributed by atoms with Crippen molar-refractivity contribution >= 4 is 18.7 Å². The van der Waals surface area contributed by atoms with Gasteiger partial charge in [-0.2, -0.15) is 0 Å². The van der Waals surface area contributed by atoms with Crippen molar-refractivity contribution < 1.29 is 12.6 Å². The first-order chi connectivity index (χ1) is 5.00. The summed E-state index contributed by atoms with van der Waals surface area (Å²) in [4.78, 5) is 0. The Kier molecular flexibility index (Phi) is 4.36. The average Bonchev–Trinajstić information content (AvgIpc) is 1.88. The van der Waals surface area contributed by atoms with Crippen LogP contribution in [0.5, 0.6) is 0 Å². The van der Waals surface area contributed by atoms with Crippen molar-refractivity contribution in [2.24, 2.45) is 0 Å². The highest BCUT2D eigenvalue weighted by Gasteiger charge is 2.13. The Hall–Kier alpha value is -0.360. The lowest BCUT2D eigenvalue weighted by Gasteiger charge is -1.98. The first-order valence-corrected chi connectivity index (χ1v) is 6.64.